The first-order valence-electron chi connectivity index (χ1n) is 14.1. The average Bonchev–Trinajstić information content (AvgIpc) is 3.01. The quantitative estimate of drug-likeness (QED) is 0.251. The highest BCUT2D eigenvalue weighted by Gasteiger charge is 2.33. The first-order valence-corrected chi connectivity index (χ1v) is 15.5. The van der Waals surface area contributed by atoms with E-state index in [-0.39, 0.29) is 23.0 Å². The molecule has 1 N–H and O–H groups in total. The molecule has 43 heavy (non-hydrogen) atoms. The van der Waals surface area contributed by atoms with Crippen LogP contribution in [0.5, 0.6) is 17.2 Å². The molecular formula is C32H41N3O7S. The van der Waals surface area contributed by atoms with Crippen molar-refractivity contribution in [3.63, 3.8) is 0 Å². The second-order valence-corrected chi connectivity index (χ2v) is 11.9. The molecule has 0 fully saturated rings. The molecule has 2 amide bonds. The van der Waals surface area contributed by atoms with E-state index in [2.05, 4.69) is 5.32 Å². The molecular weight excluding hydrogens is 570 g/mol. The van der Waals surface area contributed by atoms with Gasteiger partial charge in [0.15, 0.2) is 11.5 Å². The Labute approximate surface area is 254 Å². The number of carbonyl (C=O) groups is 2. The number of anilines is 1. The predicted octanol–water partition coefficient (Wildman–Crippen LogP) is 4.55. The number of nitrogens with one attached hydrogen (secondary N) is 1. The minimum Gasteiger partial charge on any atom is -0.497 e. The molecule has 0 radical (unpaired) electrons. The fourth-order valence-electron chi connectivity index (χ4n) is 4.43. The van der Waals surface area contributed by atoms with Gasteiger partial charge in [0.2, 0.25) is 11.8 Å². The summed E-state index contributed by atoms with van der Waals surface area (Å²) in [6.07, 6.45) is 1.70. The van der Waals surface area contributed by atoms with Crippen molar-refractivity contribution < 1.29 is 32.2 Å². The van der Waals surface area contributed by atoms with Crippen LogP contribution >= 0.6 is 0 Å². The second-order valence-electron chi connectivity index (χ2n) is 10.1. The van der Waals surface area contributed by atoms with Gasteiger partial charge < -0.3 is 24.4 Å². The van der Waals surface area contributed by atoms with E-state index in [9.17, 15) is 18.0 Å². The zero-order chi connectivity index (χ0) is 31.6. The Morgan fingerprint density at radius 1 is 0.907 bits per heavy atom. The maximum Gasteiger partial charge on any atom is 0.264 e. The second kappa shape index (κ2) is 15.3. The Bertz CT molecular complexity index is 1490. The number of hydrogen-bond donors (Lipinski definition) is 1. The molecule has 0 aliphatic heterocycles. The van der Waals surface area contributed by atoms with Crippen LogP contribution in [-0.4, -0.2) is 65.6 Å². The maximum absolute atomic E-state index is 14.1. The summed E-state index contributed by atoms with van der Waals surface area (Å²) in [6.45, 7) is 5.47. The molecule has 0 bridgehead atoms. The van der Waals surface area contributed by atoms with Gasteiger partial charge in [-0.25, -0.2) is 8.42 Å². The lowest BCUT2D eigenvalue weighted by Crippen LogP contribution is -2.51. The number of benzene rings is 3. The average molecular weight is 612 g/mol. The molecule has 3 aromatic rings. The molecule has 0 saturated carbocycles. The minimum atomic E-state index is -4.22. The van der Waals surface area contributed by atoms with Gasteiger partial charge in [0.25, 0.3) is 10.0 Å². The molecule has 0 aromatic heterocycles. The number of ether oxygens (including phenoxy) is 3. The van der Waals surface area contributed by atoms with Gasteiger partial charge in [-0.2, -0.15) is 0 Å². The molecule has 0 saturated heterocycles. The standard InChI is InChI=1S/C32H41N3O7S/c1-7-8-18-33-32(37)24(3)34(21-25-10-9-11-27(19-25)40-4)31(36)22-35(26-14-17-29(41-5)30(20-26)42-6)43(38,39)28-15-12-23(2)13-16-28/h9-17,19-20,24H,7-8,18,21-22H2,1-6H3,(H,33,37)/t24-/m0/s1. The molecule has 0 unspecified atom stereocenters. The minimum absolute atomic E-state index is 0.0189. The van der Waals surface area contributed by atoms with Gasteiger partial charge >= 0.3 is 0 Å². The number of carbonyl (C=O) groups excluding carboxylic acids is 2. The maximum atomic E-state index is 14.1. The van der Waals surface area contributed by atoms with E-state index in [0.29, 0.717) is 23.8 Å². The molecule has 0 heterocycles. The zero-order valence-corrected chi connectivity index (χ0v) is 26.4. The number of amides is 2. The first kappa shape index (κ1) is 33.3. The van der Waals surface area contributed by atoms with Crippen molar-refractivity contribution in [1.29, 1.82) is 0 Å². The van der Waals surface area contributed by atoms with Crippen LogP contribution in [0.15, 0.2) is 71.6 Å². The van der Waals surface area contributed by atoms with E-state index < -0.39 is 28.5 Å². The van der Waals surface area contributed by atoms with Crippen LogP contribution in [0.4, 0.5) is 5.69 Å². The van der Waals surface area contributed by atoms with E-state index in [1.807, 2.05) is 19.9 Å². The Morgan fingerprint density at radius 3 is 2.23 bits per heavy atom. The van der Waals surface area contributed by atoms with Crippen LogP contribution in [0, 0.1) is 6.92 Å². The number of hydrogen-bond acceptors (Lipinski definition) is 7. The Balaban J connectivity index is 2.07. The number of rotatable bonds is 15. The van der Waals surface area contributed by atoms with Gasteiger partial charge in [-0.1, -0.05) is 43.2 Å². The topological polar surface area (TPSA) is 114 Å². The van der Waals surface area contributed by atoms with Gasteiger partial charge in [0.1, 0.15) is 18.3 Å². The molecule has 0 aliphatic rings. The van der Waals surface area contributed by atoms with Gasteiger partial charge in [-0.3, -0.25) is 13.9 Å². The SMILES string of the molecule is CCCCNC(=O)[C@H](C)N(Cc1cccc(OC)c1)C(=O)CN(c1ccc(OC)c(OC)c1)S(=O)(=O)c1ccc(C)cc1. The summed E-state index contributed by atoms with van der Waals surface area (Å²) < 4.78 is 45.3. The number of methoxy groups -OCH3 is 3. The lowest BCUT2D eigenvalue weighted by molar-refractivity contribution is -0.139. The third-order valence-corrected chi connectivity index (χ3v) is 8.81. The van der Waals surface area contributed by atoms with E-state index in [4.69, 9.17) is 14.2 Å². The fourth-order valence-corrected chi connectivity index (χ4v) is 5.84. The van der Waals surface area contributed by atoms with Gasteiger partial charge in [-0.05, 0) is 62.2 Å². The summed E-state index contributed by atoms with van der Waals surface area (Å²) >= 11 is 0. The van der Waals surface area contributed by atoms with Crippen LogP contribution < -0.4 is 23.8 Å². The number of unbranched alkanes of at least 4 members (excludes halogenated alkanes) is 1. The van der Waals surface area contributed by atoms with Crippen molar-refractivity contribution in [3.05, 3.63) is 77.9 Å². The monoisotopic (exact) mass is 611 g/mol. The van der Waals surface area contributed by atoms with Crippen LogP contribution in [-0.2, 0) is 26.2 Å². The normalized spacial score (nSPS) is 11.8. The zero-order valence-electron chi connectivity index (χ0n) is 25.6. The lowest BCUT2D eigenvalue weighted by Gasteiger charge is -2.32. The summed E-state index contributed by atoms with van der Waals surface area (Å²) in [7, 11) is 0.244. The summed E-state index contributed by atoms with van der Waals surface area (Å²) in [5.41, 5.74) is 1.81. The molecule has 0 aliphatic carbocycles. The molecule has 10 nitrogen and oxygen atoms in total. The molecule has 3 rings (SSSR count). The Hall–Kier alpha value is -4.25. The Morgan fingerprint density at radius 2 is 1.60 bits per heavy atom. The molecule has 0 spiro atoms. The smallest absolute Gasteiger partial charge is 0.264 e. The van der Waals surface area contributed by atoms with Crippen LogP contribution in [0.25, 0.3) is 0 Å². The number of nitrogens with zero attached hydrogens (tertiary/aromatic N) is 2. The summed E-state index contributed by atoms with van der Waals surface area (Å²) in [4.78, 5) is 28.7. The van der Waals surface area contributed by atoms with Crippen molar-refractivity contribution in [2.24, 2.45) is 0 Å². The van der Waals surface area contributed by atoms with Crippen molar-refractivity contribution in [2.45, 2.75) is 51.1 Å². The van der Waals surface area contributed by atoms with Gasteiger partial charge in [0, 0.05) is 19.2 Å². The van der Waals surface area contributed by atoms with Crippen molar-refractivity contribution in [1.82, 2.24) is 10.2 Å². The molecule has 11 heteroatoms. The highest BCUT2D eigenvalue weighted by atomic mass is 32.2. The van der Waals surface area contributed by atoms with Crippen LogP contribution in [0.3, 0.4) is 0 Å². The molecule has 3 aromatic carbocycles. The van der Waals surface area contributed by atoms with Gasteiger partial charge in [0.05, 0.1) is 31.9 Å². The number of sulfonamides is 1. The van der Waals surface area contributed by atoms with Gasteiger partial charge in [-0.15, -0.1) is 0 Å². The third-order valence-electron chi connectivity index (χ3n) is 7.03. The largest absolute Gasteiger partial charge is 0.497 e. The van der Waals surface area contributed by atoms with Crippen molar-refractivity contribution >= 4 is 27.5 Å². The molecule has 232 valence electrons. The summed E-state index contributed by atoms with van der Waals surface area (Å²) in [5.74, 6) is 0.407. The van der Waals surface area contributed by atoms with E-state index in [1.54, 1.807) is 56.5 Å². The van der Waals surface area contributed by atoms with Crippen LogP contribution in [0.2, 0.25) is 0 Å². The lowest BCUT2D eigenvalue weighted by atomic mass is 10.1. The predicted molar refractivity (Wildman–Crippen MR) is 166 cm³/mol. The molecule has 1 atom stereocenters. The van der Waals surface area contributed by atoms with Crippen molar-refractivity contribution in [2.75, 3.05) is 38.7 Å². The third kappa shape index (κ3) is 8.41. The van der Waals surface area contributed by atoms with E-state index in [1.165, 1.54) is 37.3 Å². The van der Waals surface area contributed by atoms with E-state index in [0.717, 1.165) is 28.3 Å². The van der Waals surface area contributed by atoms with Crippen LogP contribution in [0.1, 0.15) is 37.8 Å². The Kier molecular flexibility index (Phi) is 11.8. The highest BCUT2D eigenvalue weighted by Crippen LogP contribution is 2.34. The number of aryl methyl sites for hydroxylation is 1. The fraction of sp³-hybridized carbons (Fsp3) is 0.375. The van der Waals surface area contributed by atoms with E-state index >= 15 is 0 Å². The first-order chi connectivity index (χ1) is 20.5. The summed E-state index contributed by atoms with van der Waals surface area (Å²) in [5, 5.41) is 2.88. The highest BCUT2D eigenvalue weighted by molar-refractivity contribution is 7.92. The summed E-state index contributed by atoms with van der Waals surface area (Å²) in [6, 6.07) is 17.3. The van der Waals surface area contributed by atoms with Crippen molar-refractivity contribution in [3.8, 4) is 17.2 Å².